The van der Waals surface area contributed by atoms with Gasteiger partial charge >= 0.3 is 5.97 Å². The average molecular weight is 467 g/mol. The molecule has 0 aromatic carbocycles. The molecule has 0 aromatic heterocycles. The number of carbonyl (C=O) groups excluding carboxylic acids is 3. The van der Waals surface area contributed by atoms with Crippen molar-refractivity contribution in [3.8, 4) is 0 Å². The topological polar surface area (TPSA) is 84.5 Å². The first-order valence-electron chi connectivity index (χ1n) is 13.2. The van der Waals surface area contributed by atoms with Crippen LogP contribution in [-0.2, 0) is 19.1 Å². The van der Waals surface area contributed by atoms with Gasteiger partial charge in [-0.2, -0.15) is 0 Å². The molecule has 6 heteroatoms. The van der Waals surface area contributed by atoms with Crippen LogP contribution < -0.4 is 10.6 Å². The first kappa shape index (κ1) is 29.4. The summed E-state index contributed by atoms with van der Waals surface area (Å²) < 4.78 is 5.76. The van der Waals surface area contributed by atoms with Gasteiger partial charge in [0.15, 0.2) is 0 Å². The standard InChI is InChI=1S/C27H50N2O4/c1-10-20(7)24-27(32)33-22(9)12-11-17(4)13-18(5)14-19(6)15-21(8)25(30)28-23(16(2)3)26(31)29-24/h16-24H,10-15H2,1-9H3,(H,28,30)(H,29,31). The van der Waals surface area contributed by atoms with E-state index in [0.717, 1.165) is 38.5 Å². The van der Waals surface area contributed by atoms with Crippen LogP contribution in [0.5, 0.6) is 0 Å². The van der Waals surface area contributed by atoms with Gasteiger partial charge in [0.1, 0.15) is 12.1 Å². The van der Waals surface area contributed by atoms with Crippen molar-refractivity contribution in [2.45, 2.75) is 119 Å². The van der Waals surface area contributed by atoms with Crippen molar-refractivity contribution >= 4 is 17.8 Å². The van der Waals surface area contributed by atoms with Crippen LogP contribution >= 0.6 is 0 Å². The quantitative estimate of drug-likeness (QED) is 0.567. The maximum Gasteiger partial charge on any atom is 0.329 e. The molecule has 0 aromatic rings. The van der Waals surface area contributed by atoms with Crippen molar-refractivity contribution < 1.29 is 19.1 Å². The molecule has 33 heavy (non-hydrogen) atoms. The van der Waals surface area contributed by atoms with Crippen molar-refractivity contribution in [3.05, 3.63) is 0 Å². The summed E-state index contributed by atoms with van der Waals surface area (Å²) in [7, 11) is 0. The number of ether oxygens (including phenoxy) is 1. The van der Waals surface area contributed by atoms with Gasteiger partial charge in [-0.1, -0.05) is 61.8 Å². The third-order valence-electron chi connectivity index (χ3n) is 7.21. The summed E-state index contributed by atoms with van der Waals surface area (Å²) in [5.74, 6) is 0.409. The number of esters is 1. The molecule has 1 aliphatic heterocycles. The minimum Gasteiger partial charge on any atom is -0.461 e. The van der Waals surface area contributed by atoms with Crippen LogP contribution in [0.25, 0.3) is 0 Å². The van der Waals surface area contributed by atoms with Crippen LogP contribution in [-0.4, -0.2) is 36.0 Å². The Labute approximate surface area is 202 Å². The summed E-state index contributed by atoms with van der Waals surface area (Å²) in [4.78, 5) is 39.1. The lowest BCUT2D eigenvalue weighted by molar-refractivity contribution is -0.154. The maximum atomic E-state index is 13.2. The maximum absolute atomic E-state index is 13.2. The molecule has 0 saturated carbocycles. The van der Waals surface area contributed by atoms with E-state index < -0.39 is 12.1 Å². The van der Waals surface area contributed by atoms with E-state index in [4.69, 9.17) is 4.74 Å². The molecular formula is C27H50N2O4. The summed E-state index contributed by atoms with van der Waals surface area (Å²) >= 11 is 0. The summed E-state index contributed by atoms with van der Waals surface area (Å²) in [5.41, 5.74) is 0. The Bertz CT molecular complexity index is 636. The highest BCUT2D eigenvalue weighted by Gasteiger charge is 2.33. The predicted molar refractivity (Wildman–Crippen MR) is 133 cm³/mol. The molecule has 1 fully saturated rings. The molecule has 8 atom stereocenters. The molecule has 6 nitrogen and oxygen atoms in total. The van der Waals surface area contributed by atoms with Crippen molar-refractivity contribution in [1.82, 2.24) is 10.6 Å². The van der Waals surface area contributed by atoms with E-state index in [-0.39, 0.29) is 41.6 Å². The predicted octanol–water partition coefficient (Wildman–Crippen LogP) is 5.10. The van der Waals surface area contributed by atoms with E-state index in [0.29, 0.717) is 17.8 Å². The lowest BCUT2D eigenvalue weighted by Crippen LogP contribution is -2.56. The molecule has 0 spiro atoms. The number of hydrogen-bond acceptors (Lipinski definition) is 4. The Morgan fingerprint density at radius 2 is 1.33 bits per heavy atom. The molecule has 2 N–H and O–H groups in total. The van der Waals surface area contributed by atoms with Crippen molar-refractivity contribution in [1.29, 1.82) is 0 Å². The third kappa shape index (κ3) is 10.1. The van der Waals surface area contributed by atoms with Gasteiger partial charge in [-0.05, 0) is 68.6 Å². The van der Waals surface area contributed by atoms with E-state index in [1.807, 2.05) is 41.5 Å². The fraction of sp³-hybridized carbons (Fsp3) is 0.889. The minimum atomic E-state index is -0.725. The number of cyclic esters (lactones) is 1. The summed E-state index contributed by atoms with van der Waals surface area (Å²) in [5, 5.41) is 5.86. The lowest BCUT2D eigenvalue weighted by Gasteiger charge is -2.30. The minimum absolute atomic E-state index is 0.0673. The Morgan fingerprint density at radius 1 is 0.788 bits per heavy atom. The second kappa shape index (κ2) is 14.0. The van der Waals surface area contributed by atoms with Gasteiger partial charge in [0.05, 0.1) is 6.10 Å². The van der Waals surface area contributed by atoms with Crippen LogP contribution in [0.2, 0.25) is 0 Å². The molecule has 1 saturated heterocycles. The van der Waals surface area contributed by atoms with E-state index in [1.54, 1.807) is 0 Å². The van der Waals surface area contributed by atoms with Crippen LogP contribution in [0.4, 0.5) is 0 Å². The van der Waals surface area contributed by atoms with Crippen molar-refractivity contribution in [2.75, 3.05) is 0 Å². The highest BCUT2D eigenvalue weighted by Crippen LogP contribution is 2.27. The first-order chi connectivity index (χ1) is 15.3. The molecule has 0 aliphatic carbocycles. The normalized spacial score (nSPS) is 35.1. The fourth-order valence-electron chi connectivity index (χ4n) is 4.99. The van der Waals surface area contributed by atoms with Gasteiger partial charge < -0.3 is 15.4 Å². The number of rotatable bonds is 3. The largest absolute Gasteiger partial charge is 0.461 e. The molecule has 8 unspecified atom stereocenters. The molecule has 1 aliphatic rings. The highest BCUT2D eigenvalue weighted by atomic mass is 16.5. The van der Waals surface area contributed by atoms with Crippen LogP contribution in [0, 0.1) is 35.5 Å². The van der Waals surface area contributed by atoms with Gasteiger partial charge in [0.25, 0.3) is 0 Å². The molecule has 0 radical (unpaired) electrons. The molecule has 2 amide bonds. The molecule has 0 bridgehead atoms. The third-order valence-corrected chi connectivity index (χ3v) is 7.21. The number of hydrogen-bond donors (Lipinski definition) is 2. The van der Waals surface area contributed by atoms with Crippen LogP contribution in [0.1, 0.15) is 101 Å². The van der Waals surface area contributed by atoms with E-state index in [2.05, 4.69) is 31.4 Å². The van der Waals surface area contributed by atoms with Crippen molar-refractivity contribution in [3.63, 3.8) is 0 Å². The lowest BCUT2D eigenvalue weighted by atomic mass is 9.84. The SMILES string of the molecule is CCC(C)C1NC(=O)C(C(C)C)NC(=O)C(C)CC(C)CC(C)CC(C)CCC(C)OC1=O. The zero-order chi connectivity index (χ0) is 25.3. The van der Waals surface area contributed by atoms with Crippen LogP contribution in [0.15, 0.2) is 0 Å². The second-order valence-electron chi connectivity index (χ2n) is 11.4. The van der Waals surface area contributed by atoms with Gasteiger partial charge in [-0.25, -0.2) is 4.79 Å². The van der Waals surface area contributed by atoms with Crippen LogP contribution in [0.3, 0.4) is 0 Å². The summed E-state index contributed by atoms with van der Waals surface area (Å²) in [6, 6.07) is -1.41. The molecule has 1 rings (SSSR count). The number of amides is 2. The van der Waals surface area contributed by atoms with Crippen molar-refractivity contribution in [2.24, 2.45) is 35.5 Å². The molecule has 1 heterocycles. The smallest absolute Gasteiger partial charge is 0.329 e. The van der Waals surface area contributed by atoms with E-state index in [1.165, 1.54) is 0 Å². The van der Waals surface area contributed by atoms with Gasteiger partial charge in [0, 0.05) is 5.92 Å². The second-order valence-corrected chi connectivity index (χ2v) is 11.4. The average Bonchev–Trinajstić information content (AvgIpc) is 2.71. The Balaban J connectivity index is 3.14. The first-order valence-corrected chi connectivity index (χ1v) is 13.2. The summed E-state index contributed by atoms with van der Waals surface area (Å²) in [6.07, 6.45) is 5.37. The van der Waals surface area contributed by atoms with E-state index >= 15 is 0 Å². The number of carbonyl (C=O) groups is 3. The van der Waals surface area contributed by atoms with Gasteiger partial charge in [-0.15, -0.1) is 0 Å². The van der Waals surface area contributed by atoms with Gasteiger partial charge in [0.2, 0.25) is 11.8 Å². The van der Waals surface area contributed by atoms with E-state index in [9.17, 15) is 14.4 Å². The fourth-order valence-corrected chi connectivity index (χ4v) is 4.99. The molecule has 192 valence electrons. The monoisotopic (exact) mass is 466 g/mol. The Hall–Kier alpha value is -1.59. The Kier molecular flexibility index (Phi) is 12.5. The van der Waals surface area contributed by atoms with Gasteiger partial charge in [-0.3, -0.25) is 9.59 Å². The highest BCUT2D eigenvalue weighted by molar-refractivity contribution is 5.91. The zero-order valence-electron chi connectivity index (χ0n) is 22.6. The summed E-state index contributed by atoms with van der Waals surface area (Å²) in [6.45, 7) is 18.4. The number of nitrogens with one attached hydrogen (secondary N) is 2. The molecular weight excluding hydrogens is 416 g/mol. The zero-order valence-corrected chi connectivity index (χ0v) is 22.6. The Morgan fingerprint density at radius 3 is 1.91 bits per heavy atom.